The fourth-order valence-corrected chi connectivity index (χ4v) is 7.76. The van der Waals surface area contributed by atoms with Crippen LogP contribution in [0.4, 0.5) is 0 Å². The number of phosphoric acid groups is 1. The van der Waals surface area contributed by atoms with Gasteiger partial charge >= 0.3 is 13.8 Å². The number of hydrogen-bond acceptors (Lipinski definition) is 6. The summed E-state index contributed by atoms with van der Waals surface area (Å²) in [6, 6.07) is 0. The average Bonchev–Trinajstić information content (AvgIpc) is 3.22. The molecule has 2 unspecified atom stereocenters. The molecular formula is C52H99NO7P+. The van der Waals surface area contributed by atoms with Gasteiger partial charge in [0.25, 0.3) is 0 Å². The molecule has 0 bridgehead atoms. The van der Waals surface area contributed by atoms with Crippen LogP contribution in [0.3, 0.4) is 0 Å². The molecule has 2 atom stereocenters. The number of unbranched alkanes of at least 4 members (excludes halogenated alkanes) is 25. The van der Waals surface area contributed by atoms with Gasteiger partial charge in [-0.3, -0.25) is 13.8 Å². The van der Waals surface area contributed by atoms with Gasteiger partial charge in [-0.1, -0.05) is 210 Å². The van der Waals surface area contributed by atoms with Crippen molar-refractivity contribution in [3.8, 4) is 0 Å². The lowest BCUT2D eigenvalue weighted by Gasteiger charge is -2.24. The molecule has 1 N–H and O–H groups in total. The van der Waals surface area contributed by atoms with Gasteiger partial charge in [-0.25, -0.2) is 4.57 Å². The molecule has 0 aromatic carbocycles. The van der Waals surface area contributed by atoms with Crippen LogP contribution >= 0.6 is 7.82 Å². The number of ether oxygens (including phenoxy) is 2. The van der Waals surface area contributed by atoms with Crippen molar-refractivity contribution < 1.29 is 37.3 Å². The molecule has 0 aromatic heterocycles. The second-order valence-corrected chi connectivity index (χ2v) is 19.6. The zero-order chi connectivity index (χ0) is 44.8. The lowest BCUT2D eigenvalue weighted by molar-refractivity contribution is -0.870. The number of allylic oxidation sites excluding steroid dienone is 8. The van der Waals surface area contributed by atoms with Crippen LogP contribution in [0, 0.1) is 0 Å². The van der Waals surface area contributed by atoms with Gasteiger partial charge in [0, 0.05) is 13.0 Å². The second kappa shape index (κ2) is 45.0. The van der Waals surface area contributed by atoms with Crippen molar-refractivity contribution in [1.29, 1.82) is 0 Å². The number of carbonyl (C=O) groups is 1. The largest absolute Gasteiger partial charge is 0.472 e. The Morgan fingerprint density at radius 3 is 1.43 bits per heavy atom. The predicted octanol–water partition coefficient (Wildman–Crippen LogP) is 15.5. The van der Waals surface area contributed by atoms with Crippen molar-refractivity contribution in [3.05, 3.63) is 48.6 Å². The van der Waals surface area contributed by atoms with Crippen LogP contribution in [-0.2, 0) is 27.9 Å². The summed E-state index contributed by atoms with van der Waals surface area (Å²) in [5, 5.41) is 0. The molecule has 0 rings (SSSR count). The van der Waals surface area contributed by atoms with E-state index in [2.05, 4.69) is 62.5 Å². The number of quaternary nitrogens is 1. The molecule has 61 heavy (non-hydrogen) atoms. The minimum Gasteiger partial charge on any atom is -0.457 e. The first-order chi connectivity index (χ1) is 29.6. The predicted molar refractivity (Wildman–Crippen MR) is 261 cm³/mol. The van der Waals surface area contributed by atoms with Gasteiger partial charge in [0.1, 0.15) is 19.3 Å². The summed E-state index contributed by atoms with van der Waals surface area (Å²) in [6.45, 7) is 5.54. The van der Waals surface area contributed by atoms with E-state index in [1.54, 1.807) is 0 Å². The van der Waals surface area contributed by atoms with E-state index in [0.29, 0.717) is 24.1 Å². The van der Waals surface area contributed by atoms with Crippen molar-refractivity contribution in [2.75, 3.05) is 54.1 Å². The lowest BCUT2D eigenvalue weighted by atomic mass is 10.0. The van der Waals surface area contributed by atoms with E-state index in [1.807, 2.05) is 21.1 Å². The van der Waals surface area contributed by atoms with Crippen LogP contribution in [0.5, 0.6) is 0 Å². The Bertz CT molecular complexity index is 1120. The van der Waals surface area contributed by atoms with Gasteiger partial charge in [0.05, 0.1) is 34.4 Å². The monoisotopic (exact) mass is 881 g/mol. The highest BCUT2D eigenvalue weighted by Gasteiger charge is 2.26. The van der Waals surface area contributed by atoms with E-state index in [-0.39, 0.29) is 25.8 Å². The maximum atomic E-state index is 12.8. The summed E-state index contributed by atoms with van der Waals surface area (Å²) < 4.78 is 35.1. The van der Waals surface area contributed by atoms with Gasteiger partial charge in [-0.05, 0) is 51.4 Å². The molecule has 0 aromatic rings. The number of rotatable bonds is 47. The summed E-state index contributed by atoms with van der Waals surface area (Å²) >= 11 is 0. The maximum absolute atomic E-state index is 12.8. The quantitative estimate of drug-likeness (QED) is 0.0214. The van der Waals surface area contributed by atoms with Crippen molar-refractivity contribution in [1.82, 2.24) is 0 Å². The summed E-state index contributed by atoms with van der Waals surface area (Å²) in [6.07, 6.45) is 55.8. The van der Waals surface area contributed by atoms with E-state index < -0.39 is 13.9 Å². The zero-order valence-electron chi connectivity index (χ0n) is 40.7. The van der Waals surface area contributed by atoms with Crippen LogP contribution < -0.4 is 0 Å². The molecule has 0 saturated carbocycles. The highest BCUT2D eigenvalue weighted by molar-refractivity contribution is 7.47. The third-order valence-electron chi connectivity index (χ3n) is 10.9. The van der Waals surface area contributed by atoms with E-state index in [9.17, 15) is 14.3 Å². The van der Waals surface area contributed by atoms with Gasteiger partial charge in [-0.15, -0.1) is 0 Å². The van der Waals surface area contributed by atoms with Crippen molar-refractivity contribution in [3.63, 3.8) is 0 Å². The number of likely N-dealkylation sites (N-methyl/N-ethyl adjacent to an activating group) is 1. The molecule has 0 aliphatic rings. The minimum atomic E-state index is -4.28. The number of nitrogens with zero attached hydrogens (tertiary/aromatic N) is 1. The molecule has 0 aliphatic heterocycles. The summed E-state index contributed by atoms with van der Waals surface area (Å²) in [5.74, 6) is -0.316. The van der Waals surface area contributed by atoms with Crippen LogP contribution in [0.15, 0.2) is 48.6 Å². The summed E-state index contributed by atoms with van der Waals surface area (Å²) in [5.41, 5.74) is 0. The fourth-order valence-electron chi connectivity index (χ4n) is 7.02. The van der Waals surface area contributed by atoms with Crippen LogP contribution in [0.1, 0.15) is 219 Å². The van der Waals surface area contributed by atoms with Crippen molar-refractivity contribution in [2.24, 2.45) is 0 Å². The molecule has 8 nitrogen and oxygen atoms in total. The summed E-state index contributed by atoms with van der Waals surface area (Å²) in [7, 11) is 1.67. The Kier molecular flexibility index (Phi) is 43.9. The SMILES string of the molecule is CC/C=C\C/C=C\C/C=C\C/C=C\CCCCCCCCCCCCC(=O)OC(COCCCCCCCCCCCCCCCCCC)COP(=O)(O)OCC[N+](C)(C)C. The second-order valence-electron chi connectivity index (χ2n) is 18.2. The molecule has 0 fully saturated rings. The van der Waals surface area contributed by atoms with Crippen LogP contribution in [0.25, 0.3) is 0 Å². The Balaban J connectivity index is 4.13. The summed E-state index contributed by atoms with van der Waals surface area (Å²) in [4.78, 5) is 23.0. The highest BCUT2D eigenvalue weighted by Crippen LogP contribution is 2.43. The maximum Gasteiger partial charge on any atom is 0.472 e. The molecule has 0 saturated heterocycles. The Labute approximate surface area is 378 Å². The molecule has 0 heterocycles. The number of esters is 1. The highest BCUT2D eigenvalue weighted by atomic mass is 31.2. The van der Waals surface area contributed by atoms with E-state index in [4.69, 9.17) is 18.5 Å². The zero-order valence-corrected chi connectivity index (χ0v) is 41.5. The minimum absolute atomic E-state index is 0.0880. The molecule has 0 spiro atoms. The Morgan fingerprint density at radius 2 is 0.951 bits per heavy atom. The molecule has 0 amide bonds. The first-order valence-corrected chi connectivity index (χ1v) is 26.9. The van der Waals surface area contributed by atoms with Gasteiger partial charge in [0.15, 0.2) is 0 Å². The first-order valence-electron chi connectivity index (χ1n) is 25.4. The molecular weight excluding hydrogens is 782 g/mol. The lowest BCUT2D eigenvalue weighted by Crippen LogP contribution is -2.37. The van der Waals surface area contributed by atoms with Crippen molar-refractivity contribution >= 4 is 13.8 Å². The van der Waals surface area contributed by atoms with Gasteiger partial charge < -0.3 is 18.9 Å². The van der Waals surface area contributed by atoms with Crippen LogP contribution in [0.2, 0.25) is 0 Å². The Morgan fingerprint density at radius 1 is 0.525 bits per heavy atom. The number of hydrogen-bond donors (Lipinski definition) is 1. The van der Waals surface area contributed by atoms with Gasteiger partial charge in [0.2, 0.25) is 0 Å². The van der Waals surface area contributed by atoms with Crippen molar-refractivity contribution in [2.45, 2.75) is 225 Å². The Hall–Kier alpha value is -1.54. The van der Waals surface area contributed by atoms with E-state index >= 15 is 0 Å². The number of carbonyl (C=O) groups excluding carboxylic acids is 1. The smallest absolute Gasteiger partial charge is 0.457 e. The topological polar surface area (TPSA) is 91.3 Å². The normalized spacial score (nSPS) is 14.0. The molecule has 358 valence electrons. The number of phosphoric ester groups is 1. The molecule has 9 heteroatoms. The standard InChI is InChI=1S/C52H98NO7P/c1-6-8-10-12-14-16-18-20-22-24-25-26-27-28-29-30-31-33-35-37-39-41-43-45-52(54)60-51(50-59-61(55,56)58-48-46-53(3,4)5)49-57-47-44-42-40-38-36-34-32-23-21-19-17-15-13-11-9-7-2/h8,10,14,16,20,22,25-26,51H,6-7,9,11-13,15,17-19,21,23-24,27-50H2,1-5H3/p+1/b10-8-,16-14-,22-20-,26-25-. The third-order valence-corrected chi connectivity index (χ3v) is 11.9. The average molecular weight is 881 g/mol. The molecule has 0 radical (unpaired) electrons. The van der Waals surface area contributed by atoms with Crippen LogP contribution in [-0.4, -0.2) is 75.6 Å². The van der Waals surface area contributed by atoms with E-state index in [1.165, 1.54) is 141 Å². The first kappa shape index (κ1) is 59.5. The fraction of sp³-hybridized carbons (Fsp3) is 0.827. The third kappa shape index (κ3) is 49.3. The molecule has 0 aliphatic carbocycles. The van der Waals surface area contributed by atoms with E-state index in [0.717, 1.165) is 57.8 Å². The van der Waals surface area contributed by atoms with Gasteiger partial charge in [-0.2, -0.15) is 0 Å².